The molecule has 0 amide bonds. The van der Waals surface area contributed by atoms with Gasteiger partial charge in [0, 0.05) is 0 Å². The molecule has 0 aromatic carbocycles. The summed E-state index contributed by atoms with van der Waals surface area (Å²) >= 11 is 0. The first kappa shape index (κ1) is 7.21. The minimum atomic E-state index is 0.201. The molecule has 0 N–H and O–H groups in total. The van der Waals surface area contributed by atoms with Gasteiger partial charge in [-0.25, -0.2) is 0 Å². The Balaban J connectivity index is 2.28. The molecule has 56 valence electrons. The van der Waals surface area contributed by atoms with Crippen LogP contribution in [0.15, 0.2) is 10.9 Å². The van der Waals surface area contributed by atoms with Crippen molar-refractivity contribution in [3.8, 4) is 0 Å². The first-order valence-electron chi connectivity index (χ1n) is 3.16. The van der Waals surface area contributed by atoms with Crippen molar-refractivity contribution in [2.24, 2.45) is 0 Å². The van der Waals surface area contributed by atoms with E-state index in [0.717, 1.165) is 0 Å². The van der Waals surface area contributed by atoms with E-state index < -0.39 is 0 Å². The van der Waals surface area contributed by atoms with E-state index in [4.69, 9.17) is 9.26 Å². The van der Waals surface area contributed by atoms with Crippen LogP contribution >= 0.6 is 0 Å². The number of hydrogen-bond acceptors (Lipinski definition) is 4. The molecule has 0 saturated heterocycles. The highest BCUT2D eigenvalue weighted by molar-refractivity contribution is 4.68. The van der Waals surface area contributed by atoms with Crippen LogP contribution in [0.25, 0.3) is 0 Å². The van der Waals surface area contributed by atoms with Gasteiger partial charge in [-0.2, -0.15) is 4.98 Å². The van der Waals surface area contributed by atoms with Crippen LogP contribution < -0.4 is 0 Å². The van der Waals surface area contributed by atoms with E-state index in [1.54, 1.807) is 0 Å². The summed E-state index contributed by atoms with van der Waals surface area (Å²) in [7, 11) is 0. The molecule has 0 aliphatic heterocycles. The van der Waals surface area contributed by atoms with Crippen molar-refractivity contribution in [1.29, 1.82) is 0 Å². The molecule has 0 aliphatic rings. The Morgan fingerprint density at radius 1 is 1.70 bits per heavy atom. The molecule has 0 atom stereocenters. The summed E-state index contributed by atoms with van der Waals surface area (Å²) in [6, 6.07) is 0. The zero-order chi connectivity index (χ0) is 7.40. The van der Waals surface area contributed by atoms with Gasteiger partial charge < -0.3 is 9.26 Å². The molecule has 0 radical (unpaired) electrons. The second-order valence-corrected chi connectivity index (χ2v) is 2.19. The van der Waals surface area contributed by atoms with Crippen molar-refractivity contribution in [3.05, 3.63) is 12.2 Å². The summed E-state index contributed by atoms with van der Waals surface area (Å²) < 4.78 is 9.89. The zero-order valence-electron chi connectivity index (χ0n) is 6.07. The Morgan fingerprint density at radius 2 is 2.50 bits per heavy atom. The quantitative estimate of drug-likeness (QED) is 0.631. The zero-order valence-corrected chi connectivity index (χ0v) is 6.07. The van der Waals surface area contributed by atoms with Crippen molar-refractivity contribution >= 4 is 0 Å². The minimum Gasteiger partial charge on any atom is -0.369 e. The lowest BCUT2D eigenvalue weighted by molar-refractivity contribution is 0.0485. The number of aromatic nitrogens is 2. The smallest absolute Gasteiger partial charge is 0.252 e. The van der Waals surface area contributed by atoms with Crippen LogP contribution in [0.4, 0.5) is 0 Å². The lowest BCUT2D eigenvalue weighted by Crippen LogP contribution is -2.02. The molecule has 0 fully saturated rings. The molecule has 1 rings (SSSR count). The first-order chi connectivity index (χ1) is 4.79. The maximum atomic E-state index is 5.19. The Bertz CT molecular complexity index is 172. The van der Waals surface area contributed by atoms with Gasteiger partial charge in [0.2, 0.25) is 0 Å². The Morgan fingerprint density at radius 3 is 3.00 bits per heavy atom. The van der Waals surface area contributed by atoms with Gasteiger partial charge >= 0.3 is 0 Å². The topological polar surface area (TPSA) is 48.2 Å². The van der Waals surface area contributed by atoms with Gasteiger partial charge in [0.15, 0.2) is 6.33 Å². The average Bonchev–Trinajstić information content (AvgIpc) is 2.34. The molecule has 1 aromatic heterocycles. The summed E-state index contributed by atoms with van der Waals surface area (Å²) in [4.78, 5) is 3.79. The molecule has 10 heavy (non-hydrogen) atoms. The molecule has 0 unspecified atom stereocenters. The summed E-state index contributed by atoms with van der Waals surface area (Å²) in [6.45, 7) is 4.31. The van der Waals surface area contributed by atoms with Crippen molar-refractivity contribution in [2.75, 3.05) is 0 Å². The van der Waals surface area contributed by atoms with E-state index in [0.29, 0.717) is 12.5 Å². The fourth-order valence-electron chi connectivity index (χ4n) is 0.498. The average molecular weight is 142 g/mol. The SMILES string of the molecule is CC(C)OCc1ncno1. The number of ether oxygens (including phenoxy) is 1. The van der Waals surface area contributed by atoms with E-state index in [9.17, 15) is 0 Å². The summed E-state index contributed by atoms with van der Waals surface area (Å²) in [5, 5.41) is 3.43. The Hall–Kier alpha value is -0.900. The van der Waals surface area contributed by atoms with Gasteiger partial charge in [-0.3, -0.25) is 0 Å². The van der Waals surface area contributed by atoms with Crippen molar-refractivity contribution in [3.63, 3.8) is 0 Å². The molecule has 1 aromatic rings. The highest BCUT2D eigenvalue weighted by Gasteiger charge is 1.99. The summed E-state index contributed by atoms with van der Waals surface area (Å²) in [5.41, 5.74) is 0. The van der Waals surface area contributed by atoms with E-state index in [-0.39, 0.29) is 6.10 Å². The second kappa shape index (κ2) is 3.31. The molecule has 0 spiro atoms. The molecule has 4 nitrogen and oxygen atoms in total. The predicted molar refractivity (Wildman–Crippen MR) is 34.2 cm³/mol. The van der Waals surface area contributed by atoms with Gasteiger partial charge in [0.1, 0.15) is 6.61 Å². The fourth-order valence-corrected chi connectivity index (χ4v) is 0.498. The van der Waals surface area contributed by atoms with Crippen LogP contribution in [0.2, 0.25) is 0 Å². The van der Waals surface area contributed by atoms with Crippen LogP contribution in [-0.2, 0) is 11.3 Å². The van der Waals surface area contributed by atoms with E-state index in [2.05, 4.69) is 10.1 Å². The lowest BCUT2D eigenvalue weighted by atomic mass is 10.5. The number of nitrogens with zero attached hydrogens (tertiary/aromatic N) is 2. The van der Waals surface area contributed by atoms with Crippen LogP contribution in [0.3, 0.4) is 0 Å². The molecule has 0 aliphatic carbocycles. The summed E-state index contributed by atoms with van der Waals surface area (Å²) in [6.07, 6.45) is 1.56. The minimum absolute atomic E-state index is 0.201. The van der Waals surface area contributed by atoms with Crippen LogP contribution in [0.5, 0.6) is 0 Å². The van der Waals surface area contributed by atoms with Crippen molar-refractivity contribution < 1.29 is 9.26 Å². The third-order valence-electron chi connectivity index (χ3n) is 0.947. The molecular weight excluding hydrogens is 132 g/mol. The van der Waals surface area contributed by atoms with Crippen LogP contribution in [0.1, 0.15) is 19.7 Å². The van der Waals surface area contributed by atoms with Gasteiger partial charge in [-0.15, -0.1) is 0 Å². The molecule has 0 bridgehead atoms. The third kappa shape index (κ3) is 2.14. The summed E-state index contributed by atoms with van der Waals surface area (Å²) in [5.74, 6) is 0.522. The Kier molecular flexibility index (Phi) is 2.39. The normalized spacial score (nSPS) is 10.7. The highest BCUT2D eigenvalue weighted by atomic mass is 16.5. The van der Waals surface area contributed by atoms with Crippen LogP contribution in [-0.4, -0.2) is 16.2 Å². The monoisotopic (exact) mass is 142 g/mol. The molecule has 1 heterocycles. The predicted octanol–water partition coefficient (Wildman–Crippen LogP) is 0.995. The van der Waals surface area contributed by atoms with E-state index in [1.807, 2.05) is 13.8 Å². The van der Waals surface area contributed by atoms with Gasteiger partial charge in [0.25, 0.3) is 5.89 Å². The second-order valence-electron chi connectivity index (χ2n) is 2.19. The number of rotatable bonds is 3. The fraction of sp³-hybridized carbons (Fsp3) is 0.667. The largest absolute Gasteiger partial charge is 0.369 e. The number of hydrogen-bond donors (Lipinski definition) is 0. The van der Waals surface area contributed by atoms with Crippen molar-refractivity contribution in [1.82, 2.24) is 10.1 Å². The van der Waals surface area contributed by atoms with Gasteiger partial charge in [-0.05, 0) is 13.8 Å². The van der Waals surface area contributed by atoms with Gasteiger partial charge in [0.05, 0.1) is 6.10 Å². The molecular formula is C6H10N2O2. The van der Waals surface area contributed by atoms with Crippen LogP contribution in [0, 0.1) is 0 Å². The maximum Gasteiger partial charge on any atom is 0.252 e. The van der Waals surface area contributed by atoms with E-state index in [1.165, 1.54) is 6.33 Å². The molecule has 4 heteroatoms. The third-order valence-corrected chi connectivity index (χ3v) is 0.947. The molecule has 0 saturated carbocycles. The van der Waals surface area contributed by atoms with Crippen molar-refractivity contribution in [2.45, 2.75) is 26.6 Å². The lowest BCUT2D eigenvalue weighted by Gasteiger charge is -2.02. The maximum absolute atomic E-state index is 5.19. The van der Waals surface area contributed by atoms with Gasteiger partial charge in [-0.1, -0.05) is 5.16 Å². The highest BCUT2D eigenvalue weighted by Crippen LogP contribution is 1.97. The Labute approximate surface area is 59.2 Å². The van der Waals surface area contributed by atoms with E-state index >= 15 is 0 Å². The first-order valence-corrected chi connectivity index (χ1v) is 3.16. The standard InChI is InChI=1S/C6H10N2O2/c1-5(2)9-3-6-7-4-8-10-6/h4-5H,3H2,1-2H3.